The largest absolute Gasteiger partial charge is 0.484 e. The average Bonchev–Trinajstić information content (AvgIpc) is 2.43. The molecule has 0 aliphatic carbocycles. The summed E-state index contributed by atoms with van der Waals surface area (Å²) in [7, 11) is 0. The van der Waals surface area contributed by atoms with Gasteiger partial charge in [-0.05, 0) is 43.9 Å². The number of rotatable bonds is 8. The minimum absolute atomic E-state index is 0.120. The van der Waals surface area contributed by atoms with E-state index in [9.17, 15) is 9.59 Å². The van der Waals surface area contributed by atoms with Crippen molar-refractivity contribution in [2.24, 2.45) is 11.7 Å². The van der Waals surface area contributed by atoms with Crippen LogP contribution in [0.5, 0.6) is 5.75 Å². The number of benzene rings is 1. The van der Waals surface area contributed by atoms with Crippen LogP contribution in [-0.2, 0) is 4.79 Å². The molecular weight excluding hydrogens is 268 g/mol. The molecule has 0 unspecified atom stereocenters. The van der Waals surface area contributed by atoms with E-state index < -0.39 is 5.91 Å². The van der Waals surface area contributed by atoms with Gasteiger partial charge in [0.2, 0.25) is 0 Å². The van der Waals surface area contributed by atoms with E-state index in [0.29, 0.717) is 17.2 Å². The Kier molecular flexibility index (Phi) is 6.72. The van der Waals surface area contributed by atoms with Crippen LogP contribution in [0.1, 0.15) is 44.0 Å². The number of amides is 2. The Hall–Kier alpha value is -2.04. The van der Waals surface area contributed by atoms with Gasteiger partial charge in [-0.3, -0.25) is 9.59 Å². The highest BCUT2D eigenvalue weighted by molar-refractivity contribution is 5.94. The first-order valence-corrected chi connectivity index (χ1v) is 7.20. The van der Waals surface area contributed by atoms with Gasteiger partial charge < -0.3 is 15.8 Å². The zero-order valence-electron chi connectivity index (χ0n) is 12.9. The van der Waals surface area contributed by atoms with E-state index in [1.54, 1.807) is 24.3 Å². The van der Waals surface area contributed by atoms with E-state index in [4.69, 9.17) is 10.5 Å². The van der Waals surface area contributed by atoms with E-state index >= 15 is 0 Å². The summed E-state index contributed by atoms with van der Waals surface area (Å²) in [6.07, 6.45) is 2.02. The third kappa shape index (κ3) is 6.79. The SMILES string of the molecule is CC(C)CC[C@H](C)NC(=O)c1cccc(OCC(N)=O)c1. The molecule has 0 aliphatic heterocycles. The molecule has 0 aromatic heterocycles. The molecule has 1 atom stereocenters. The number of nitrogens with two attached hydrogens (primary N) is 1. The number of primary amides is 1. The fraction of sp³-hybridized carbons (Fsp3) is 0.500. The summed E-state index contributed by atoms with van der Waals surface area (Å²) in [6.45, 7) is 6.12. The van der Waals surface area contributed by atoms with Crippen LogP contribution in [-0.4, -0.2) is 24.5 Å². The second-order valence-corrected chi connectivity index (χ2v) is 5.63. The predicted octanol–water partition coefficient (Wildman–Crippen LogP) is 2.11. The van der Waals surface area contributed by atoms with Crippen LogP contribution >= 0.6 is 0 Å². The average molecular weight is 292 g/mol. The quantitative estimate of drug-likeness (QED) is 0.770. The summed E-state index contributed by atoms with van der Waals surface area (Å²) in [5.74, 6) is 0.383. The number of hydrogen-bond acceptors (Lipinski definition) is 3. The summed E-state index contributed by atoms with van der Waals surface area (Å²) < 4.78 is 5.19. The molecule has 1 aromatic rings. The first kappa shape index (κ1) is 17.0. The summed E-state index contributed by atoms with van der Waals surface area (Å²) in [4.78, 5) is 22.8. The minimum Gasteiger partial charge on any atom is -0.484 e. The van der Waals surface area contributed by atoms with Crippen LogP contribution in [0.4, 0.5) is 0 Å². The normalized spacial score (nSPS) is 12.0. The van der Waals surface area contributed by atoms with Gasteiger partial charge in [0, 0.05) is 11.6 Å². The molecule has 21 heavy (non-hydrogen) atoms. The molecule has 1 aromatic carbocycles. The smallest absolute Gasteiger partial charge is 0.255 e. The van der Waals surface area contributed by atoms with Crippen molar-refractivity contribution in [2.45, 2.75) is 39.7 Å². The van der Waals surface area contributed by atoms with Gasteiger partial charge in [0.05, 0.1) is 0 Å². The Labute approximate surface area is 125 Å². The van der Waals surface area contributed by atoms with Crippen molar-refractivity contribution < 1.29 is 14.3 Å². The molecule has 5 heteroatoms. The Morgan fingerprint density at radius 2 is 1.95 bits per heavy atom. The van der Waals surface area contributed by atoms with E-state index in [1.807, 2.05) is 6.92 Å². The molecule has 0 fully saturated rings. The van der Waals surface area contributed by atoms with Gasteiger partial charge in [-0.25, -0.2) is 0 Å². The van der Waals surface area contributed by atoms with E-state index in [1.165, 1.54) is 0 Å². The highest BCUT2D eigenvalue weighted by Crippen LogP contribution is 2.14. The number of carbonyl (C=O) groups is 2. The van der Waals surface area contributed by atoms with Gasteiger partial charge in [0.1, 0.15) is 5.75 Å². The summed E-state index contributed by atoms with van der Waals surface area (Å²) in [5, 5.41) is 2.96. The highest BCUT2D eigenvalue weighted by Gasteiger charge is 2.11. The number of ether oxygens (including phenoxy) is 1. The molecule has 3 N–H and O–H groups in total. The van der Waals surface area contributed by atoms with Crippen molar-refractivity contribution in [3.05, 3.63) is 29.8 Å². The van der Waals surface area contributed by atoms with Crippen LogP contribution in [0.2, 0.25) is 0 Å². The van der Waals surface area contributed by atoms with Gasteiger partial charge >= 0.3 is 0 Å². The molecule has 0 spiro atoms. The van der Waals surface area contributed by atoms with E-state index in [0.717, 1.165) is 12.8 Å². The summed E-state index contributed by atoms with van der Waals surface area (Å²) in [6, 6.07) is 6.83. The van der Waals surface area contributed by atoms with Crippen LogP contribution in [0, 0.1) is 5.92 Å². The third-order valence-corrected chi connectivity index (χ3v) is 3.03. The Bertz CT molecular complexity index is 486. The lowest BCUT2D eigenvalue weighted by Gasteiger charge is -2.15. The van der Waals surface area contributed by atoms with Gasteiger partial charge in [0.15, 0.2) is 6.61 Å². The molecule has 0 radical (unpaired) electrons. The lowest BCUT2D eigenvalue weighted by atomic mass is 10.0. The molecule has 5 nitrogen and oxygen atoms in total. The second kappa shape index (κ2) is 8.29. The molecule has 2 amide bonds. The molecule has 0 heterocycles. The van der Waals surface area contributed by atoms with Gasteiger partial charge in [0.25, 0.3) is 11.8 Å². The maximum Gasteiger partial charge on any atom is 0.255 e. The molecule has 0 saturated heterocycles. The molecule has 0 saturated carbocycles. The zero-order valence-corrected chi connectivity index (χ0v) is 12.9. The van der Waals surface area contributed by atoms with E-state index in [2.05, 4.69) is 19.2 Å². The predicted molar refractivity (Wildman–Crippen MR) is 82.1 cm³/mol. The summed E-state index contributed by atoms with van der Waals surface area (Å²) >= 11 is 0. The number of carbonyl (C=O) groups excluding carboxylic acids is 2. The standard InChI is InChI=1S/C16H24N2O3/c1-11(2)7-8-12(3)18-16(20)13-5-4-6-14(9-13)21-10-15(17)19/h4-6,9,11-12H,7-8,10H2,1-3H3,(H2,17,19)(H,18,20)/t12-/m0/s1. The number of hydrogen-bond donors (Lipinski definition) is 2. The van der Waals surface area contributed by atoms with Crippen molar-refractivity contribution in [2.75, 3.05) is 6.61 Å². The molecular formula is C16H24N2O3. The van der Waals surface area contributed by atoms with Gasteiger partial charge in [-0.1, -0.05) is 19.9 Å². The molecule has 116 valence electrons. The van der Waals surface area contributed by atoms with E-state index in [-0.39, 0.29) is 18.6 Å². The van der Waals surface area contributed by atoms with Crippen molar-refractivity contribution in [3.8, 4) is 5.75 Å². The molecule has 0 bridgehead atoms. The maximum atomic E-state index is 12.1. The lowest BCUT2D eigenvalue weighted by Crippen LogP contribution is -2.32. The van der Waals surface area contributed by atoms with Crippen LogP contribution in [0.25, 0.3) is 0 Å². The van der Waals surface area contributed by atoms with Gasteiger partial charge in [-0.2, -0.15) is 0 Å². The third-order valence-electron chi connectivity index (χ3n) is 3.03. The monoisotopic (exact) mass is 292 g/mol. The highest BCUT2D eigenvalue weighted by atomic mass is 16.5. The molecule has 0 aliphatic rings. The molecule has 1 rings (SSSR count). The Balaban J connectivity index is 2.57. The van der Waals surface area contributed by atoms with Crippen molar-refractivity contribution in [1.82, 2.24) is 5.32 Å². The lowest BCUT2D eigenvalue weighted by molar-refractivity contribution is -0.119. The van der Waals surface area contributed by atoms with Crippen molar-refractivity contribution in [1.29, 1.82) is 0 Å². The van der Waals surface area contributed by atoms with Crippen molar-refractivity contribution in [3.63, 3.8) is 0 Å². The first-order valence-electron chi connectivity index (χ1n) is 7.20. The Morgan fingerprint density at radius 3 is 2.57 bits per heavy atom. The minimum atomic E-state index is -0.549. The first-order chi connectivity index (χ1) is 9.88. The Morgan fingerprint density at radius 1 is 1.24 bits per heavy atom. The van der Waals surface area contributed by atoms with Crippen LogP contribution < -0.4 is 15.8 Å². The van der Waals surface area contributed by atoms with Crippen LogP contribution in [0.3, 0.4) is 0 Å². The topological polar surface area (TPSA) is 81.4 Å². The van der Waals surface area contributed by atoms with Crippen molar-refractivity contribution >= 4 is 11.8 Å². The fourth-order valence-corrected chi connectivity index (χ4v) is 1.84. The van der Waals surface area contributed by atoms with Gasteiger partial charge in [-0.15, -0.1) is 0 Å². The summed E-state index contributed by atoms with van der Waals surface area (Å²) in [5.41, 5.74) is 5.53. The number of nitrogens with one attached hydrogen (secondary N) is 1. The maximum absolute atomic E-state index is 12.1. The second-order valence-electron chi connectivity index (χ2n) is 5.63. The van der Waals surface area contributed by atoms with Crippen LogP contribution in [0.15, 0.2) is 24.3 Å². The zero-order chi connectivity index (χ0) is 15.8. The fourth-order valence-electron chi connectivity index (χ4n) is 1.84.